The van der Waals surface area contributed by atoms with Crippen LogP contribution in [0.2, 0.25) is 0 Å². The molecule has 18 heavy (non-hydrogen) atoms. The second kappa shape index (κ2) is 6.38. The molecular formula is C13H25N3O2. The smallest absolute Gasteiger partial charge is 0.320 e. The second-order valence-electron chi connectivity index (χ2n) is 5.38. The molecule has 2 N–H and O–H groups in total. The Morgan fingerprint density at radius 3 is 2.56 bits per heavy atom. The van der Waals surface area contributed by atoms with Crippen molar-refractivity contribution >= 4 is 6.03 Å². The van der Waals surface area contributed by atoms with Gasteiger partial charge in [0.05, 0.1) is 25.3 Å². The summed E-state index contributed by atoms with van der Waals surface area (Å²) in [5.74, 6) is 0. The van der Waals surface area contributed by atoms with Gasteiger partial charge in [-0.1, -0.05) is 12.8 Å². The maximum atomic E-state index is 12.5. The summed E-state index contributed by atoms with van der Waals surface area (Å²) in [6.45, 7) is 5.56. The summed E-state index contributed by atoms with van der Waals surface area (Å²) < 4.78 is 5.59. The Balaban J connectivity index is 1.96. The number of ether oxygens (including phenoxy) is 1. The minimum atomic E-state index is -0.00266. The highest BCUT2D eigenvalue weighted by Crippen LogP contribution is 2.17. The predicted octanol–water partition coefficient (Wildman–Crippen LogP) is 1.03. The van der Waals surface area contributed by atoms with Crippen molar-refractivity contribution in [3.8, 4) is 0 Å². The summed E-state index contributed by atoms with van der Waals surface area (Å²) in [6.07, 6.45) is 4.74. The number of rotatable bonds is 1. The van der Waals surface area contributed by atoms with E-state index in [1.807, 2.05) is 16.7 Å². The zero-order chi connectivity index (χ0) is 13.0. The molecule has 2 unspecified atom stereocenters. The Labute approximate surface area is 109 Å². The monoisotopic (exact) mass is 255 g/mol. The van der Waals surface area contributed by atoms with Crippen LogP contribution in [-0.2, 0) is 4.74 Å². The average molecular weight is 255 g/mol. The number of urea groups is 1. The van der Waals surface area contributed by atoms with E-state index in [4.69, 9.17) is 10.5 Å². The van der Waals surface area contributed by atoms with Crippen molar-refractivity contribution in [3.05, 3.63) is 0 Å². The number of likely N-dealkylation sites (tertiary alicyclic amines) is 1. The van der Waals surface area contributed by atoms with Crippen molar-refractivity contribution in [2.24, 2.45) is 5.73 Å². The largest absolute Gasteiger partial charge is 0.373 e. The standard InChI is InChI=1S/C13H25N3O2/c1-11-10-18-12(8-14)9-16(11)13(17)15-6-4-2-3-5-7-15/h11-12H,2-10,14H2,1H3. The molecule has 2 aliphatic heterocycles. The minimum absolute atomic E-state index is 0.00266. The van der Waals surface area contributed by atoms with Gasteiger partial charge < -0.3 is 20.3 Å². The molecule has 5 nitrogen and oxygen atoms in total. The molecule has 0 aromatic carbocycles. The lowest BCUT2D eigenvalue weighted by molar-refractivity contribution is -0.0412. The van der Waals surface area contributed by atoms with Gasteiger partial charge in [0.1, 0.15) is 0 Å². The Kier molecular flexibility index (Phi) is 4.83. The number of nitrogens with zero attached hydrogens (tertiary/aromatic N) is 2. The van der Waals surface area contributed by atoms with Crippen LogP contribution in [0.1, 0.15) is 32.6 Å². The van der Waals surface area contributed by atoms with Crippen LogP contribution in [0.25, 0.3) is 0 Å². The van der Waals surface area contributed by atoms with Gasteiger partial charge in [-0.15, -0.1) is 0 Å². The average Bonchev–Trinajstić information content (AvgIpc) is 2.67. The van der Waals surface area contributed by atoms with Crippen molar-refractivity contribution in [2.45, 2.75) is 44.8 Å². The van der Waals surface area contributed by atoms with E-state index in [0.717, 1.165) is 25.9 Å². The molecule has 104 valence electrons. The van der Waals surface area contributed by atoms with Gasteiger partial charge in [0.2, 0.25) is 0 Å². The van der Waals surface area contributed by atoms with Gasteiger partial charge in [0, 0.05) is 19.6 Å². The molecule has 2 atom stereocenters. The minimum Gasteiger partial charge on any atom is -0.373 e. The molecule has 0 aromatic rings. The number of hydrogen-bond donors (Lipinski definition) is 1. The van der Waals surface area contributed by atoms with Crippen molar-refractivity contribution < 1.29 is 9.53 Å². The van der Waals surface area contributed by atoms with Gasteiger partial charge in [-0.3, -0.25) is 0 Å². The first-order chi connectivity index (χ1) is 8.72. The fraction of sp³-hybridized carbons (Fsp3) is 0.923. The Morgan fingerprint density at radius 2 is 1.94 bits per heavy atom. The van der Waals surface area contributed by atoms with Crippen LogP contribution in [0.4, 0.5) is 4.79 Å². The molecule has 2 amide bonds. The quantitative estimate of drug-likeness (QED) is 0.761. The van der Waals surface area contributed by atoms with Crippen LogP contribution in [0.15, 0.2) is 0 Å². The van der Waals surface area contributed by atoms with Gasteiger partial charge in [-0.25, -0.2) is 4.79 Å². The maximum absolute atomic E-state index is 12.5. The van der Waals surface area contributed by atoms with Gasteiger partial charge in [0.15, 0.2) is 0 Å². The molecule has 2 saturated heterocycles. The van der Waals surface area contributed by atoms with Crippen LogP contribution >= 0.6 is 0 Å². The third-order valence-corrected chi connectivity index (χ3v) is 3.89. The van der Waals surface area contributed by atoms with Gasteiger partial charge in [-0.2, -0.15) is 0 Å². The maximum Gasteiger partial charge on any atom is 0.320 e. The highest BCUT2D eigenvalue weighted by Gasteiger charge is 2.31. The first-order valence-electron chi connectivity index (χ1n) is 7.09. The first-order valence-corrected chi connectivity index (χ1v) is 7.09. The summed E-state index contributed by atoms with van der Waals surface area (Å²) in [6, 6.07) is 0.328. The SMILES string of the molecule is CC1COC(CN)CN1C(=O)N1CCCCCC1. The number of morpholine rings is 1. The lowest BCUT2D eigenvalue weighted by Crippen LogP contribution is -2.56. The normalized spacial score (nSPS) is 30.1. The molecule has 0 spiro atoms. The van der Waals surface area contributed by atoms with E-state index in [9.17, 15) is 4.79 Å². The molecule has 0 bridgehead atoms. The zero-order valence-corrected chi connectivity index (χ0v) is 11.3. The number of hydrogen-bond acceptors (Lipinski definition) is 3. The Morgan fingerprint density at radius 1 is 1.28 bits per heavy atom. The molecule has 2 aliphatic rings. The third kappa shape index (κ3) is 3.14. The molecular weight excluding hydrogens is 230 g/mol. The highest BCUT2D eigenvalue weighted by atomic mass is 16.5. The van der Waals surface area contributed by atoms with Crippen molar-refractivity contribution in [3.63, 3.8) is 0 Å². The number of nitrogens with two attached hydrogens (primary N) is 1. The second-order valence-corrected chi connectivity index (χ2v) is 5.38. The fourth-order valence-electron chi connectivity index (χ4n) is 2.67. The topological polar surface area (TPSA) is 58.8 Å². The summed E-state index contributed by atoms with van der Waals surface area (Å²) in [5.41, 5.74) is 5.64. The fourth-order valence-corrected chi connectivity index (χ4v) is 2.67. The molecule has 0 aromatic heterocycles. The zero-order valence-electron chi connectivity index (χ0n) is 11.3. The lowest BCUT2D eigenvalue weighted by atomic mass is 10.2. The van der Waals surface area contributed by atoms with Crippen molar-refractivity contribution in [2.75, 3.05) is 32.8 Å². The Hall–Kier alpha value is -0.810. The van der Waals surface area contributed by atoms with Crippen molar-refractivity contribution in [1.82, 2.24) is 9.80 Å². The van der Waals surface area contributed by atoms with Crippen LogP contribution in [0, 0.1) is 0 Å². The molecule has 0 saturated carbocycles. The van der Waals surface area contributed by atoms with E-state index in [2.05, 4.69) is 0 Å². The van der Waals surface area contributed by atoms with E-state index < -0.39 is 0 Å². The molecule has 2 rings (SSSR count). The van der Waals surface area contributed by atoms with Gasteiger partial charge in [0.25, 0.3) is 0 Å². The van der Waals surface area contributed by atoms with Crippen molar-refractivity contribution in [1.29, 1.82) is 0 Å². The lowest BCUT2D eigenvalue weighted by Gasteiger charge is -2.40. The summed E-state index contributed by atoms with van der Waals surface area (Å²) in [4.78, 5) is 16.5. The number of carbonyl (C=O) groups excluding carboxylic acids is 1. The van der Waals surface area contributed by atoms with Gasteiger partial charge >= 0.3 is 6.03 Å². The molecule has 0 aliphatic carbocycles. The molecule has 0 radical (unpaired) electrons. The van der Waals surface area contributed by atoms with Crippen LogP contribution in [0.5, 0.6) is 0 Å². The van der Waals surface area contributed by atoms with Gasteiger partial charge in [-0.05, 0) is 19.8 Å². The third-order valence-electron chi connectivity index (χ3n) is 3.89. The predicted molar refractivity (Wildman–Crippen MR) is 70.4 cm³/mol. The summed E-state index contributed by atoms with van der Waals surface area (Å²) >= 11 is 0. The summed E-state index contributed by atoms with van der Waals surface area (Å²) in [7, 11) is 0. The van der Waals surface area contributed by atoms with Crippen LogP contribution in [-0.4, -0.2) is 60.8 Å². The summed E-state index contributed by atoms with van der Waals surface area (Å²) in [5, 5.41) is 0. The van der Waals surface area contributed by atoms with E-state index in [-0.39, 0.29) is 18.2 Å². The molecule has 5 heteroatoms. The van der Waals surface area contributed by atoms with E-state index in [1.54, 1.807) is 0 Å². The van der Waals surface area contributed by atoms with E-state index in [0.29, 0.717) is 19.7 Å². The Bertz CT molecular complexity index is 277. The van der Waals surface area contributed by atoms with E-state index in [1.165, 1.54) is 12.8 Å². The number of amides is 2. The van der Waals surface area contributed by atoms with Crippen LogP contribution < -0.4 is 5.73 Å². The van der Waals surface area contributed by atoms with E-state index >= 15 is 0 Å². The number of carbonyl (C=O) groups is 1. The van der Waals surface area contributed by atoms with Crippen LogP contribution in [0.3, 0.4) is 0 Å². The molecule has 2 heterocycles. The highest BCUT2D eigenvalue weighted by molar-refractivity contribution is 5.75. The molecule has 2 fully saturated rings. The first kappa shape index (κ1) is 13.6.